The minimum atomic E-state index is -1.08. The maximum absolute atomic E-state index is 13.2. The summed E-state index contributed by atoms with van der Waals surface area (Å²) in [5.74, 6) is 0.238. The van der Waals surface area contributed by atoms with Crippen LogP contribution in [0.15, 0.2) is 48.5 Å². The summed E-state index contributed by atoms with van der Waals surface area (Å²) < 4.78 is 5.43. The highest BCUT2D eigenvalue weighted by Crippen LogP contribution is 2.30. The van der Waals surface area contributed by atoms with Crippen LogP contribution in [-0.4, -0.2) is 52.9 Å². The number of imide groups is 1. The molecule has 0 unspecified atom stereocenters. The number of amides is 4. The van der Waals surface area contributed by atoms with Gasteiger partial charge in [0.05, 0.1) is 19.7 Å². The molecule has 0 bridgehead atoms. The molecule has 1 N–H and O–H groups in total. The van der Waals surface area contributed by atoms with Gasteiger partial charge in [0.1, 0.15) is 11.3 Å². The van der Waals surface area contributed by atoms with Crippen LogP contribution in [0.4, 0.5) is 4.79 Å². The Morgan fingerprint density at radius 2 is 1.84 bits per heavy atom. The fourth-order valence-corrected chi connectivity index (χ4v) is 4.27. The lowest BCUT2D eigenvalue weighted by molar-refractivity contribution is -0.133. The minimum absolute atomic E-state index is 0.154. The van der Waals surface area contributed by atoms with Crippen molar-refractivity contribution >= 4 is 29.4 Å². The number of ether oxygens (including phenoxy) is 1. The molecule has 2 aromatic rings. The Hall–Kier alpha value is -3.06. The van der Waals surface area contributed by atoms with Gasteiger partial charge in [0.25, 0.3) is 11.8 Å². The van der Waals surface area contributed by atoms with Gasteiger partial charge in [-0.2, -0.15) is 0 Å². The molecule has 31 heavy (non-hydrogen) atoms. The van der Waals surface area contributed by atoms with Crippen molar-refractivity contribution in [2.45, 2.75) is 31.8 Å². The summed E-state index contributed by atoms with van der Waals surface area (Å²) in [7, 11) is 0. The SMILES string of the molecule is CCOc1ccc(C(=O)N2CCC[C@@]3(C2)NC(=O)N(Cc2ccc(Cl)cc2)C3=O)cc1. The molecule has 8 heteroatoms. The van der Waals surface area contributed by atoms with Crippen molar-refractivity contribution in [3.63, 3.8) is 0 Å². The van der Waals surface area contributed by atoms with Crippen LogP contribution in [0.1, 0.15) is 35.7 Å². The van der Waals surface area contributed by atoms with Gasteiger partial charge in [-0.1, -0.05) is 23.7 Å². The van der Waals surface area contributed by atoms with Crippen LogP contribution in [0.25, 0.3) is 0 Å². The molecule has 0 saturated carbocycles. The summed E-state index contributed by atoms with van der Waals surface area (Å²) >= 11 is 5.92. The van der Waals surface area contributed by atoms with Crippen molar-refractivity contribution in [2.75, 3.05) is 19.7 Å². The summed E-state index contributed by atoms with van der Waals surface area (Å²) in [6, 6.07) is 13.5. The van der Waals surface area contributed by atoms with E-state index in [1.54, 1.807) is 53.4 Å². The van der Waals surface area contributed by atoms with E-state index in [0.29, 0.717) is 42.3 Å². The molecule has 2 fully saturated rings. The third-order valence-electron chi connectivity index (χ3n) is 5.69. The van der Waals surface area contributed by atoms with E-state index >= 15 is 0 Å². The molecule has 2 aliphatic heterocycles. The quantitative estimate of drug-likeness (QED) is 0.720. The second kappa shape index (κ2) is 8.59. The zero-order valence-corrected chi connectivity index (χ0v) is 18.0. The predicted octanol–water partition coefficient (Wildman–Crippen LogP) is 3.47. The molecule has 1 spiro atoms. The van der Waals surface area contributed by atoms with E-state index in [9.17, 15) is 14.4 Å². The summed E-state index contributed by atoms with van der Waals surface area (Å²) in [5.41, 5.74) is 0.251. The monoisotopic (exact) mass is 441 g/mol. The van der Waals surface area contributed by atoms with E-state index in [2.05, 4.69) is 5.32 Å². The molecule has 2 heterocycles. The standard InChI is InChI=1S/C23H24ClN3O4/c1-2-31-19-10-6-17(7-11-19)20(28)26-13-3-12-23(15-26)21(29)27(22(30)25-23)14-16-4-8-18(24)9-5-16/h4-11H,2-3,12-15H2,1H3,(H,25,30)/t23-/m0/s1. The average Bonchev–Trinajstić information content (AvgIpc) is 2.99. The second-order valence-electron chi connectivity index (χ2n) is 7.82. The number of carbonyl (C=O) groups excluding carboxylic acids is 3. The first-order chi connectivity index (χ1) is 14.9. The Kier molecular flexibility index (Phi) is 5.87. The summed E-state index contributed by atoms with van der Waals surface area (Å²) in [4.78, 5) is 41.8. The summed E-state index contributed by atoms with van der Waals surface area (Å²) in [6.45, 7) is 3.30. The van der Waals surface area contributed by atoms with Crippen LogP contribution < -0.4 is 10.1 Å². The van der Waals surface area contributed by atoms with Gasteiger partial charge in [0.2, 0.25) is 0 Å². The fraction of sp³-hybridized carbons (Fsp3) is 0.348. The van der Waals surface area contributed by atoms with E-state index in [1.807, 2.05) is 6.92 Å². The van der Waals surface area contributed by atoms with E-state index in [1.165, 1.54) is 4.90 Å². The lowest BCUT2D eigenvalue weighted by Gasteiger charge is -2.38. The number of halogens is 1. The number of carbonyl (C=O) groups is 3. The molecule has 0 aliphatic carbocycles. The van der Waals surface area contributed by atoms with Crippen molar-refractivity contribution in [2.24, 2.45) is 0 Å². The highest BCUT2D eigenvalue weighted by Gasteiger charge is 2.53. The average molecular weight is 442 g/mol. The third-order valence-corrected chi connectivity index (χ3v) is 5.94. The molecule has 2 aromatic carbocycles. The maximum atomic E-state index is 13.2. The van der Waals surface area contributed by atoms with Gasteiger partial charge >= 0.3 is 6.03 Å². The number of hydrogen-bond acceptors (Lipinski definition) is 4. The number of hydrogen-bond donors (Lipinski definition) is 1. The highest BCUT2D eigenvalue weighted by atomic mass is 35.5. The van der Waals surface area contributed by atoms with Crippen LogP contribution in [0.2, 0.25) is 5.02 Å². The Bertz CT molecular complexity index is 993. The topological polar surface area (TPSA) is 79.0 Å². The lowest BCUT2D eigenvalue weighted by atomic mass is 9.88. The van der Waals surface area contributed by atoms with Gasteiger partial charge in [-0.3, -0.25) is 14.5 Å². The molecular formula is C23H24ClN3O4. The van der Waals surface area contributed by atoms with Gasteiger partial charge in [-0.05, 0) is 61.7 Å². The minimum Gasteiger partial charge on any atom is -0.494 e. The number of rotatable bonds is 5. The number of benzene rings is 2. The number of likely N-dealkylation sites (tertiary alicyclic amines) is 1. The zero-order chi connectivity index (χ0) is 22.0. The normalized spacial score (nSPS) is 20.8. The van der Waals surface area contributed by atoms with Crippen molar-refractivity contribution in [1.29, 1.82) is 0 Å². The smallest absolute Gasteiger partial charge is 0.325 e. The molecule has 1 atom stereocenters. The van der Waals surface area contributed by atoms with E-state index < -0.39 is 11.6 Å². The first-order valence-corrected chi connectivity index (χ1v) is 10.7. The molecule has 162 valence electrons. The van der Waals surface area contributed by atoms with E-state index in [-0.39, 0.29) is 24.9 Å². The zero-order valence-electron chi connectivity index (χ0n) is 17.3. The van der Waals surface area contributed by atoms with Crippen molar-refractivity contribution in [3.8, 4) is 5.75 Å². The molecule has 4 rings (SSSR count). The Morgan fingerprint density at radius 1 is 1.13 bits per heavy atom. The second-order valence-corrected chi connectivity index (χ2v) is 8.25. The third kappa shape index (κ3) is 4.23. The van der Waals surface area contributed by atoms with Gasteiger partial charge in [0.15, 0.2) is 0 Å². The molecule has 7 nitrogen and oxygen atoms in total. The Labute approximate surface area is 185 Å². The summed E-state index contributed by atoms with van der Waals surface area (Å²) in [6.07, 6.45) is 1.13. The Morgan fingerprint density at radius 3 is 2.52 bits per heavy atom. The van der Waals surface area contributed by atoms with Crippen LogP contribution in [-0.2, 0) is 11.3 Å². The van der Waals surface area contributed by atoms with Crippen LogP contribution in [0.5, 0.6) is 5.75 Å². The van der Waals surface area contributed by atoms with E-state index in [4.69, 9.17) is 16.3 Å². The van der Waals surface area contributed by atoms with Crippen LogP contribution in [0, 0.1) is 0 Å². The largest absolute Gasteiger partial charge is 0.494 e. The predicted molar refractivity (Wildman–Crippen MR) is 116 cm³/mol. The molecular weight excluding hydrogens is 418 g/mol. The van der Waals surface area contributed by atoms with Crippen molar-refractivity contribution in [1.82, 2.24) is 15.1 Å². The molecule has 4 amide bonds. The number of nitrogens with one attached hydrogen (secondary N) is 1. The van der Waals surface area contributed by atoms with Gasteiger partial charge < -0.3 is 15.0 Å². The molecule has 2 aliphatic rings. The highest BCUT2D eigenvalue weighted by molar-refractivity contribution is 6.30. The molecule has 0 aromatic heterocycles. The van der Waals surface area contributed by atoms with Crippen LogP contribution in [0.3, 0.4) is 0 Å². The molecule has 2 saturated heterocycles. The Balaban J connectivity index is 1.48. The van der Waals surface area contributed by atoms with Gasteiger partial charge in [-0.15, -0.1) is 0 Å². The number of urea groups is 1. The maximum Gasteiger partial charge on any atom is 0.325 e. The molecule has 0 radical (unpaired) electrons. The lowest BCUT2D eigenvalue weighted by Crippen LogP contribution is -2.59. The van der Waals surface area contributed by atoms with Gasteiger partial charge in [0, 0.05) is 17.1 Å². The fourth-order valence-electron chi connectivity index (χ4n) is 4.14. The first kappa shape index (κ1) is 21.2. The number of piperidine rings is 1. The first-order valence-electron chi connectivity index (χ1n) is 10.3. The van der Waals surface area contributed by atoms with Gasteiger partial charge in [-0.25, -0.2) is 4.79 Å². The number of nitrogens with zero attached hydrogens (tertiary/aromatic N) is 2. The van der Waals surface area contributed by atoms with Crippen molar-refractivity contribution < 1.29 is 19.1 Å². The van der Waals surface area contributed by atoms with Crippen LogP contribution >= 0.6 is 11.6 Å². The van der Waals surface area contributed by atoms with E-state index in [0.717, 1.165) is 5.56 Å². The van der Waals surface area contributed by atoms with Crippen molar-refractivity contribution in [3.05, 3.63) is 64.7 Å². The summed E-state index contributed by atoms with van der Waals surface area (Å²) in [5, 5.41) is 3.45.